The van der Waals surface area contributed by atoms with E-state index in [1.165, 1.54) is 4.88 Å². The highest BCUT2D eigenvalue weighted by Crippen LogP contribution is 2.17. The van der Waals surface area contributed by atoms with E-state index in [2.05, 4.69) is 27.4 Å². The average Bonchev–Trinajstić information content (AvgIpc) is 2.82. The van der Waals surface area contributed by atoms with Crippen LogP contribution in [0, 0.1) is 0 Å². The summed E-state index contributed by atoms with van der Waals surface area (Å²) in [6, 6.07) is 8.17. The first kappa shape index (κ1) is 11.4. The van der Waals surface area contributed by atoms with Crippen molar-refractivity contribution in [1.29, 1.82) is 0 Å². The highest BCUT2D eigenvalue weighted by atomic mass is 35.5. The minimum absolute atomic E-state index is 0.530. The Morgan fingerprint density at radius 1 is 1.44 bits per heavy atom. The maximum atomic E-state index is 5.80. The molecule has 2 nitrogen and oxygen atoms in total. The Labute approximate surface area is 105 Å². The first-order valence-corrected chi connectivity index (χ1v) is 6.45. The van der Waals surface area contributed by atoms with Gasteiger partial charge in [-0.1, -0.05) is 6.07 Å². The van der Waals surface area contributed by atoms with E-state index in [4.69, 9.17) is 11.6 Å². The van der Waals surface area contributed by atoms with E-state index in [0.717, 1.165) is 17.9 Å². The summed E-state index contributed by atoms with van der Waals surface area (Å²) in [7, 11) is 2.04. The highest BCUT2D eigenvalue weighted by molar-refractivity contribution is 7.09. The molecule has 2 aromatic rings. The van der Waals surface area contributed by atoms with Crippen LogP contribution in [-0.2, 0) is 12.4 Å². The SMILES string of the molecule is CN(Cc1cccs1)c1cc(CCl)ccn1. The molecule has 0 aromatic carbocycles. The number of hydrogen-bond donors (Lipinski definition) is 0. The third-order valence-corrected chi connectivity index (χ3v) is 3.50. The Kier molecular flexibility index (Phi) is 3.80. The molecule has 2 heterocycles. The fraction of sp³-hybridized carbons (Fsp3) is 0.250. The van der Waals surface area contributed by atoms with Crippen LogP contribution < -0.4 is 4.90 Å². The molecule has 2 rings (SSSR count). The molecule has 0 saturated carbocycles. The number of pyridine rings is 1. The van der Waals surface area contributed by atoms with Gasteiger partial charge in [0.05, 0.1) is 6.54 Å². The summed E-state index contributed by atoms with van der Waals surface area (Å²) in [5.41, 5.74) is 1.10. The molecule has 16 heavy (non-hydrogen) atoms. The quantitative estimate of drug-likeness (QED) is 0.774. The second-order valence-electron chi connectivity index (χ2n) is 3.59. The van der Waals surface area contributed by atoms with Gasteiger partial charge in [-0.2, -0.15) is 0 Å². The molecule has 0 N–H and O–H groups in total. The molecule has 4 heteroatoms. The second kappa shape index (κ2) is 5.32. The second-order valence-corrected chi connectivity index (χ2v) is 4.89. The Morgan fingerprint density at radius 2 is 2.31 bits per heavy atom. The van der Waals surface area contributed by atoms with E-state index in [1.807, 2.05) is 19.2 Å². The predicted molar refractivity (Wildman–Crippen MR) is 70.2 cm³/mol. The van der Waals surface area contributed by atoms with Crippen LogP contribution in [-0.4, -0.2) is 12.0 Å². The number of anilines is 1. The van der Waals surface area contributed by atoms with Crippen molar-refractivity contribution in [2.24, 2.45) is 0 Å². The van der Waals surface area contributed by atoms with E-state index in [1.54, 1.807) is 17.5 Å². The van der Waals surface area contributed by atoms with Gasteiger partial charge in [-0.05, 0) is 29.1 Å². The largest absolute Gasteiger partial charge is 0.355 e. The van der Waals surface area contributed by atoms with E-state index >= 15 is 0 Å². The third kappa shape index (κ3) is 2.74. The van der Waals surface area contributed by atoms with E-state index in [0.29, 0.717) is 5.88 Å². The fourth-order valence-electron chi connectivity index (χ4n) is 1.47. The summed E-state index contributed by atoms with van der Waals surface area (Å²) >= 11 is 7.56. The number of halogens is 1. The van der Waals surface area contributed by atoms with Crippen molar-refractivity contribution in [1.82, 2.24) is 4.98 Å². The Bertz CT molecular complexity index is 442. The lowest BCUT2D eigenvalue weighted by Gasteiger charge is -2.17. The summed E-state index contributed by atoms with van der Waals surface area (Å²) in [5.74, 6) is 1.49. The normalized spacial score (nSPS) is 10.4. The molecule has 0 radical (unpaired) electrons. The highest BCUT2D eigenvalue weighted by Gasteiger charge is 2.04. The minimum atomic E-state index is 0.530. The van der Waals surface area contributed by atoms with Crippen molar-refractivity contribution in [3.8, 4) is 0 Å². The van der Waals surface area contributed by atoms with Crippen molar-refractivity contribution in [3.05, 3.63) is 46.3 Å². The van der Waals surface area contributed by atoms with Gasteiger partial charge in [0, 0.05) is 24.0 Å². The number of thiophene rings is 1. The van der Waals surface area contributed by atoms with Crippen LogP contribution >= 0.6 is 22.9 Å². The summed E-state index contributed by atoms with van der Waals surface area (Å²) < 4.78 is 0. The van der Waals surface area contributed by atoms with Gasteiger partial charge >= 0.3 is 0 Å². The van der Waals surface area contributed by atoms with Gasteiger partial charge in [-0.25, -0.2) is 4.98 Å². The lowest BCUT2D eigenvalue weighted by atomic mass is 10.3. The van der Waals surface area contributed by atoms with Crippen LogP contribution in [0.25, 0.3) is 0 Å². The number of hydrogen-bond acceptors (Lipinski definition) is 3. The van der Waals surface area contributed by atoms with Gasteiger partial charge in [0.15, 0.2) is 0 Å². The van der Waals surface area contributed by atoms with Crippen LogP contribution in [0.3, 0.4) is 0 Å². The number of alkyl halides is 1. The number of rotatable bonds is 4. The lowest BCUT2D eigenvalue weighted by Crippen LogP contribution is -2.16. The molecule has 0 saturated heterocycles. The summed E-state index contributed by atoms with van der Waals surface area (Å²) in [4.78, 5) is 7.80. The fourth-order valence-corrected chi connectivity index (χ4v) is 2.39. The molecule has 2 aromatic heterocycles. The van der Waals surface area contributed by atoms with Gasteiger partial charge in [-0.3, -0.25) is 0 Å². The van der Waals surface area contributed by atoms with Crippen molar-refractivity contribution in [2.75, 3.05) is 11.9 Å². The minimum Gasteiger partial charge on any atom is -0.355 e. The van der Waals surface area contributed by atoms with Crippen LogP contribution in [0.2, 0.25) is 0 Å². The molecule has 0 bridgehead atoms. The molecule has 84 valence electrons. The maximum Gasteiger partial charge on any atom is 0.128 e. The van der Waals surface area contributed by atoms with Gasteiger partial charge in [0.1, 0.15) is 5.82 Å². The predicted octanol–water partition coefficient (Wildman–Crippen LogP) is 3.52. The van der Waals surface area contributed by atoms with Crippen molar-refractivity contribution >= 4 is 28.8 Å². The van der Waals surface area contributed by atoms with Crippen LogP contribution in [0.4, 0.5) is 5.82 Å². The summed E-state index contributed by atoms with van der Waals surface area (Å²) in [5, 5.41) is 2.09. The molecule has 0 aliphatic rings. The zero-order chi connectivity index (χ0) is 11.4. The molecule has 0 aliphatic heterocycles. The van der Waals surface area contributed by atoms with Crippen LogP contribution in [0.1, 0.15) is 10.4 Å². The van der Waals surface area contributed by atoms with Gasteiger partial charge in [-0.15, -0.1) is 22.9 Å². The molecule has 0 amide bonds. The number of aromatic nitrogens is 1. The van der Waals surface area contributed by atoms with Gasteiger partial charge < -0.3 is 4.90 Å². The molecule has 0 atom stereocenters. The zero-order valence-corrected chi connectivity index (χ0v) is 10.6. The summed E-state index contributed by atoms with van der Waals surface area (Å²) in [6.07, 6.45) is 1.80. The molecule has 0 fully saturated rings. The standard InChI is InChI=1S/C12H13ClN2S/c1-15(9-11-3-2-6-16-11)12-7-10(8-13)4-5-14-12/h2-7H,8-9H2,1H3. The van der Waals surface area contributed by atoms with Crippen LogP contribution in [0.15, 0.2) is 35.8 Å². The Hall–Kier alpha value is -1.06. The molecular formula is C12H13ClN2S. The monoisotopic (exact) mass is 252 g/mol. The van der Waals surface area contributed by atoms with E-state index in [-0.39, 0.29) is 0 Å². The van der Waals surface area contributed by atoms with Crippen molar-refractivity contribution in [3.63, 3.8) is 0 Å². The van der Waals surface area contributed by atoms with Gasteiger partial charge in [0.25, 0.3) is 0 Å². The molecule has 0 unspecified atom stereocenters. The average molecular weight is 253 g/mol. The molecular weight excluding hydrogens is 240 g/mol. The topological polar surface area (TPSA) is 16.1 Å². The Morgan fingerprint density at radius 3 is 3.00 bits per heavy atom. The first-order valence-electron chi connectivity index (χ1n) is 5.04. The number of nitrogens with zero attached hydrogens (tertiary/aromatic N) is 2. The van der Waals surface area contributed by atoms with Crippen molar-refractivity contribution in [2.45, 2.75) is 12.4 Å². The van der Waals surface area contributed by atoms with Gasteiger partial charge in [0.2, 0.25) is 0 Å². The zero-order valence-electron chi connectivity index (χ0n) is 9.06. The van der Waals surface area contributed by atoms with Crippen molar-refractivity contribution < 1.29 is 0 Å². The molecule has 0 aliphatic carbocycles. The third-order valence-electron chi connectivity index (χ3n) is 2.33. The van der Waals surface area contributed by atoms with Crippen LogP contribution in [0.5, 0.6) is 0 Å². The lowest BCUT2D eigenvalue weighted by molar-refractivity contribution is 0.910. The van der Waals surface area contributed by atoms with E-state index < -0.39 is 0 Å². The summed E-state index contributed by atoms with van der Waals surface area (Å²) in [6.45, 7) is 0.885. The smallest absolute Gasteiger partial charge is 0.128 e. The molecule has 0 spiro atoms. The van der Waals surface area contributed by atoms with E-state index in [9.17, 15) is 0 Å². The first-order chi connectivity index (χ1) is 7.79. The Balaban J connectivity index is 2.11. The maximum absolute atomic E-state index is 5.80.